The lowest BCUT2D eigenvalue weighted by Crippen LogP contribution is -2.24. The van der Waals surface area contributed by atoms with Crippen LogP contribution >= 0.6 is 0 Å². The van der Waals surface area contributed by atoms with Gasteiger partial charge in [0.05, 0.1) is 6.21 Å². The summed E-state index contributed by atoms with van der Waals surface area (Å²) in [6.07, 6.45) is 7.99. The number of carbonyl (C=O) groups is 1. The van der Waals surface area contributed by atoms with Crippen LogP contribution in [0.5, 0.6) is 11.5 Å². The van der Waals surface area contributed by atoms with E-state index >= 15 is 0 Å². The van der Waals surface area contributed by atoms with E-state index < -0.39 is 0 Å². The van der Waals surface area contributed by atoms with E-state index in [4.69, 9.17) is 9.47 Å². The highest BCUT2D eigenvalue weighted by atomic mass is 16.5. The van der Waals surface area contributed by atoms with Gasteiger partial charge in [-0.1, -0.05) is 74.9 Å². The SMILES string of the molecule is C=CCOc1ccc2ccccc2c1/C=N/NC(=O)COc1ccc(CCCCC)cc1. The number of amides is 1. The first kappa shape index (κ1) is 23.1. The molecule has 0 aliphatic heterocycles. The van der Waals surface area contributed by atoms with Crippen LogP contribution in [-0.2, 0) is 11.2 Å². The summed E-state index contributed by atoms with van der Waals surface area (Å²) in [7, 11) is 0. The fourth-order valence-corrected chi connectivity index (χ4v) is 3.36. The predicted octanol–water partition coefficient (Wildman–Crippen LogP) is 5.67. The van der Waals surface area contributed by atoms with Crippen molar-refractivity contribution >= 4 is 22.9 Å². The molecule has 3 rings (SSSR count). The minimum Gasteiger partial charge on any atom is -0.489 e. The van der Waals surface area contributed by atoms with Gasteiger partial charge < -0.3 is 9.47 Å². The van der Waals surface area contributed by atoms with E-state index in [1.165, 1.54) is 24.8 Å². The topological polar surface area (TPSA) is 59.9 Å². The maximum absolute atomic E-state index is 12.2. The molecular formula is C27H30N2O3. The van der Waals surface area contributed by atoms with Gasteiger partial charge in [0.1, 0.15) is 18.1 Å². The van der Waals surface area contributed by atoms with Crippen LogP contribution in [0, 0.1) is 0 Å². The van der Waals surface area contributed by atoms with Gasteiger partial charge in [0, 0.05) is 5.56 Å². The van der Waals surface area contributed by atoms with Gasteiger partial charge in [0.25, 0.3) is 5.91 Å². The fraction of sp³-hybridized carbons (Fsp3) is 0.259. The molecule has 0 aliphatic carbocycles. The Labute approximate surface area is 189 Å². The zero-order valence-corrected chi connectivity index (χ0v) is 18.5. The number of aryl methyl sites for hydroxylation is 1. The van der Waals surface area contributed by atoms with E-state index in [2.05, 4.69) is 24.0 Å². The predicted molar refractivity (Wildman–Crippen MR) is 131 cm³/mol. The Kier molecular flexibility index (Phi) is 8.87. The van der Waals surface area contributed by atoms with Crippen molar-refractivity contribution in [3.8, 4) is 11.5 Å². The molecule has 0 bridgehead atoms. The first-order valence-electron chi connectivity index (χ1n) is 11.0. The number of rotatable bonds is 12. The summed E-state index contributed by atoms with van der Waals surface area (Å²) in [6.45, 7) is 6.16. The van der Waals surface area contributed by atoms with Gasteiger partial charge in [0.2, 0.25) is 0 Å². The molecule has 1 amide bonds. The third kappa shape index (κ3) is 6.71. The number of unbranched alkanes of at least 4 members (excludes halogenated alkanes) is 2. The third-order valence-corrected chi connectivity index (χ3v) is 5.03. The molecule has 1 N–H and O–H groups in total. The summed E-state index contributed by atoms with van der Waals surface area (Å²) < 4.78 is 11.3. The highest BCUT2D eigenvalue weighted by molar-refractivity contribution is 6.02. The Morgan fingerprint density at radius 2 is 1.84 bits per heavy atom. The van der Waals surface area contributed by atoms with E-state index in [9.17, 15) is 4.79 Å². The normalized spacial score (nSPS) is 10.9. The van der Waals surface area contributed by atoms with Crippen molar-refractivity contribution in [2.45, 2.75) is 32.6 Å². The smallest absolute Gasteiger partial charge is 0.277 e. The van der Waals surface area contributed by atoms with Gasteiger partial charge in [-0.15, -0.1) is 0 Å². The zero-order valence-electron chi connectivity index (χ0n) is 18.5. The molecule has 0 fully saturated rings. The summed E-state index contributed by atoms with van der Waals surface area (Å²) in [4.78, 5) is 12.2. The van der Waals surface area contributed by atoms with Crippen LogP contribution in [0.25, 0.3) is 10.8 Å². The second-order valence-corrected chi connectivity index (χ2v) is 7.48. The summed E-state index contributed by atoms with van der Waals surface area (Å²) in [5.41, 5.74) is 4.60. The quantitative estimate of drug-likeness (QED) is 0.174. The number of hydrogen-bond donors (Lipinski definition) is 1. The lowest BCUT2D eigenvalue weighted by molar-refractivity contribution is -0.123. The van der Waals surface area contributed by atoms with Gasteiger partial charge >= 0.3 is 0 Å². The summed E-state index contributed by atoms with van der Waals surface area (Å²) in [6, 6.07) is 19.7. The fourth-order valence-electron chi connectivity index (χ4n) is 3.36. The molecule has 5 heteroatoms. The maximum atomic E-state index is 12.2. The number of benzene rings is 3. The third-order valence-electron chi connectivity index (χ3n) is 5.03. The van der Waals surface area contributed by atoms with Crippen molar-refractivity contribution in [2.24, 2.45) is 5.10 Å². The number of hydrogen-bond acceptors (Lipinski definition) is 4. The van der Waals surface area contributed by atoms with Crippen molar-refractivity contribution in [1.82, 2.24) is 5.43 Å². The monoisotopic (exact) mass is 430 g/mol. The first-order chi connectivity index (χ1) is 15.7. The van der Waals surface area contributed by atoms with Crippen LogP contribution < -0.4 is 14.9 Å². The highest BCUT2D eigenvalue weighted by Gasteiger charge is 2.07. The second-order valence-electron chi connectivity index (χ2n) is 7.48. The van der Waals surface area contributed by atoms with Crippen molar-refractivity contribution in [3.05, 3.63) is 84.4 Å². The molecule has 0 unspecified atom stereocenters. The van der Waals surface area contributed by atoms with Gasteiger partial charge in [-0.25, -0.2) is 5.43 Å². The Balaban J connectivity index is 1.57. The lowest BCUT2D eigenvalue weighted by Gasteiger charge is -2.10. The molecule has 0 heterocycles. The largest absolute Gasteiger partial charge is 0.489 e. The molecule has 0 atom stereocenters. The maximum Gasteiger partial charge on any atom is 0.277 e. The van der Waals surface area contributed by atoms with Gasteiger partial charge in [-0.05, 0) is 47.4 Å². The van der Waals surface area contributed by atoms with E-state index in [-0.39, 0.29) is 12.5 Å². The Morgan fingerprint density at radius 3 is 2.62 bits per heavy atom. The number of carbonyl (C=O) groups excluding carboxylic acids is 1. The van der Waals surface area contributed by atoms with Crippen LogP contribution in [0.3, 0.4) is 0 Å². The van der Waals surface area contributed by atoms with Gasteiger partial charge in [0.15, 0.2) is 6.61 Å². The molecule has 0 saturated heterocycles. The second kappa shape index (κ2) is 12.3. The molecule has 5 nitrogen and oxygen atoms in total. The number of ether oxygens (including phenoxy) is 2. The standard InChI is InChI=1S/C27H30N2O3/c1-3-5-6-9-21-12-15-23(16-13-21)32-20-27(30)29-28-19-25-24-11-8-7-10-22(24)14-17-26(25)31-18-4-2/h4,7-8,10-17,19H,2-3,5-6,9,18,20H2,1H3,(H,29,30)/b28-19+. The minimum atomic E-state index is -0.331. The average molecular weight is 431 g/mol. The average Bonchev–Trinajstić information content (AvgIpc) is 2.83. The van der Waals surface area contributed by atoms with Crippen molar-refractivity contribution in [1.29, 1.82) is 0 Å². The molecule has 0 saturated carbocycles. The van der Waals surface area contributed by atoms with Crippen LogP contribution in [0.4, 0.5) is 0 Å². The van der Waals surface area contributed by atoms with E-state index in [0.29, 0.717) is 18.1 Å². The van der Waals surface area contributed by atoms with Crippen molar-refractivity contribution in [3.63, 3.8) is 0 Å². The van der Waals surface area contributed by atoms with Gasteiger partial charge in [-0.3, -0.25) is 4.79 Å². The van der Waals surface area contributed by atoms with Gasteiger partial charge in [-0.2, -0.15) is 5.10 Å². The van der Waals surface area contributed by atoms with E-state index in [1.807, 2.05) is 60.7 Å². The molecular weight excluding hydrogens is 400 g/mol. The Morgan fingerprint density at radius 1 is 1.03 bits per heavy atom. The van der Waals surface area contributed by atoms with Crippen molar-refractivity contribution < 1.29 is 14.3 Å². The molecule has 0 aliphatic rings. The van der Waals surface area contributed by atoms with E-state index in [0.717, 1.165) is 22.8 Å². The molecule has 0 aromatic heterocycles. The Hall–Kier alpha value is -3.60. The Bertz CT molecular complexity index is 1060. The zero-order chi connectivity index (χ0) is 22.6. The van der Waals surface area contributed by atoms with Crippen LogP contribution in [0.1, 0.15) is 37.3 Å². The summed E-state index contributed by atoms with van der Waals surface area (Å²) in [5.74, 6) is 1.01. The minimum absolute atomic E-state index is 0.109. The van der Waals surface area contributed by atoms with E-state index in [1.54, 1.807) is 12.3 Å². The van der Waals surface area contributed by atoms with Crippen LogP contribution in [0.2, 0.25) is 0 Å². The van der Waals surface area contributed by atoms with Crippen molar-refractivity contribution in [2.75, 3.05) is 13.2 Å². The number of hydrazone groups is 1. The molecule has 166 valence electrons. The molecule has 0 spiro atoms. The molecule has 0 radical (unpaired) electrons. The highest BCUT2D eigenvalue weighted by Crippen LogP contribution is 2.26. The van der Waals surface area contributed by atoms with Crippen LogP contribution in [-0.4, -0.2) is 25.3 Å². The lowest BCUT2D eigenvalue weighted by atomic mass is 10.0. The number of nitrogens with zero attached hydrogens (tertiary/aromatic N) is 1. The molecule has 3 aromatic rings. The summed E-state index contributed by atoms with van der Waals surface area (Å²) >= 11 is 0. The summed E-state index contributed by atoms with van der Waals surface area (Å²) in [5, 5.41) is 6.17. The number of nitrogens with one attached hydrogen (secondary N) is 1. The number of fused-ring (bicyclic) bond motifs is 1. The molecule has 32 heavy (non-hydrogen) atoms. The van der Waals surface area contributed by atoms with Crippen LogP contribution in [0.15, 0.2) is 78.4 Å². The first-order valence-corrected chi connectivity index (χ1v) is 11.0. The molecule has 3 aromatic carbocycles.